The van der Waals surface area contributed by atoms with E-state index in [1.807, 2.05) is 43.3 Å². The molecule has 5 nitrogen and oxygen atoms in total. The first-order chi connectivity index (χ1) is 11.6. The molecule has 2 aromatic carbocycles. The summed E-state index contributed by atoms with van der Waals surface area (Å²) in [5.74, 6) is 0.0858. The van der Waals surface area contributed by atoms with Crippen molar-refractivity contribution in [3.8, 4) is 11.8 Å². The van der Waals surface area contributed by atoms with E-state index < -0.39 is 6.10 Å². The highest BCUT2D eigenvalue weighted by atomic mass is 16.5. The van der Waals surface area contributed by atoms with Crippen LogP contribution in [0.5, 0.6) is 5.75 Å². The zero-order valence-corrected chi connectivity index (χ0v) is 13.5. The minimum Gasteiger partial charge on any atom is -0.482 e. The second-order valence-corrected chi connectivity index (χ2v) is 5.53. The number of carbonyl (C=O) groups is 1. The second kappa shape index (κ2) is 8.70. The Morgan fingerprint density at radius 2 is 1.88 bits per heavy atom. The molecule has 24 heavy (non-hydrogen) atoms. The van der Waals surface area contributed by atoms with Gasteiger partial charge in [-0.25, -0.2) is 0 Å². The molecule has 1 amide bonds. The molecular formula is C19H20N2O3. The number of ether oxygens (including phenoxy) is 1. The number of carbonyl (C=O) groups excluding carboxylic acids is 1. The summed E-state index contributed by atoms with van der Waals surface area (Å²) >= 11 is 0. The van der Waals surface area contributed by atoms with Crippen molar-refractivity contribution in [1.82, 2.24) is 5.32 Å². The average Bonchev–Trinajstić information content (AvgIpc) is 2.60. The lowest BCUT2D eigenvalue weighted by Crippen LogP contribution is -2.37. The molecule has 2 unspecified atom stereocenters. The number of aliphatic hydroxyl groups excluding tert-OH is 1. The van der Waals surface area contributed by atoms with Gasteiger partial charge in [0.1, 0.15) is 11.8 Å². The normalized spacial score (nSPS) is 12.7. The first kappa shape index (κ1) is 17.5. The number of amides is 1. The third kappa shape index (κ3) is 5.11. The molecule has 2 rings (SSSR count). The maximum atomic E-state index is 11.9. The minimum absolute atomic E-state index is 0.176. The van der Waals surface area contributed by atoms with Gasteiger partial charge >= 0.3 is 0 Å². The Hall–Kier alpha value is -2.84. The highest BCUT2D eigenvalue weighted by molar-refractivity contribution is 5.77. The van der Waals surface area contributed by atoms with E-state index in [0.29, 0.717) is 17.7 Å². The van der Waals surface area contributed by atoms with Gasteiger partial charge in [0.15, 0.2) is 6.61 Å². The third-order valence-electron chi connectivity index (χ3n) is 3.53. The topological polar surface area (TPSA) is 82.3 Å². The predicted molar refractivity (Wildman–Crippen MR) is 90.3 cm³/mol. The van der Waals surface area contributed by atoms with Crippen molar-refractivity contribution in [2.24, 2.45) is 0 Å². The van der Waals surface area contributed by atoms with Crippen molar-refractivity contribution >= 4 is 5.91 Å². The summed E-state index contributed by atoms with van der Waals surface area (Å²) in [5.41, 5.74) is 1.20. The molecule has 0 radical (unpaired) electrons. The van der Waals surface area contributed by atoms with Gasteiger partial charge in [-0.15, -0.1) is 0 Å². The van der Waals surface area contributed by atoms with Crippen LogP contribution in [0.4, 0.5) is 0 Å². The molecule has 2 aromatic rings. The van der Waals surface area contributed by atoms with E-state index in [1.54, 1.807) is 24.3 Å². The lowest BCUT2D eigenvalue weighted by atomic mass is 10.0. The van der Waals surface area contributed by atoms with Crippen LogP contribution in [0.2, 0.25) is 0 Å². The first-order valence-corrected chi connectivity index (χ1v) is 7.74. The van der Waals surface area contributed by atoms with Crippen molar-refractivity contribution in [2.75, 3.05) is 6.61 Å². The van der Waals surface area contributed by atoms with E-state index in [-0.39, 0.29) is 18.6 Å². The van der Waals surface area contributed by atoms with Crippen LogP contribution < -0.4 is 10.1 Å². The van der Waals surface area contributed by atoms with E-state index in [1.165, 1.54) is 0 Å². The zero-order valence-electron chi connectivity index (χ0n) is 13.5. The number of nitriles is 1. The van der Waals surface area contributed by atoms with Gasteiger partial charge in [-0.05, 0) is 31.0 Å². The molecule has 0 spiro atoms. The van der Waals surface area contributed by atoms with Crippen LogP contribution in [0.25, 0.3) is 0 Å². The lowest BCUT2D eigenvalue weighted by Gasteiger charge is -2.18. The summed E-state index contributed by atoms with van der Waals surface area (Å²) in [6, 6.07) is 17.9. The molecule has 0 aliphatic rings. The molecule has 0 aliphatic heterocycles. The summed E-state index contributed by atoms with van der Waals surface area (Å²) in [4.78, 5) is 11.9. The van der Waals surface area contributed by atoms with Crippen molar-refractivity contribution in [3.05, 3.63) is 65.7 Å². The molecule has 0 aliphatic carbocycles. The Morgan fingerprint density at radius 1 is 1.21 bits per heavy atom. The van der Waals surface area contributed by atoms with Gasteiger partial charge in [-0.1, -0.05) is 42.5 Å². The van der Waals surface area contributed by atoms with E-state index in [9.17, 15) is 9.90 Å². The minimum atomic E-state index is -0.637. The van der Waals surface area contributed by atoms with Crippen LogP contribution >= 0.6 is 0 Å². The molecular weight excluding hydrogens is 304 g/mol. The molecule has 5 heteroatoms. The fourth-order valence-corrected chi connectivity index (χ4v) is 2.35. The molecule has 124 valence electrons. The number of hydrogen-bond donors (Lipinski definition) is 2. The van der Waals surface area contributed by atoms with E-state index in [4.69, 9.17) is 10.00 Å². The smallest absolute Gasteiger partial charge is 0.258 e. The number of benzene rings is 2. The molecule has 2 atom stereocenters. The largest absolute Gasteiger partial charge is 0.482 e. The maximum absolute atomic E-state index is 11.9. The SMILES string of the molecule is CC(CC(O)c1ccccc1)NC(=O)COc1ccccc1C#N. The number of para-hydroxylation sites is 1. The Kier molecular flexibility index (Phi) is 6.35. The monoisotopic (exact) mass is 324 g/mol. The highest BCUT2D eigenvalue weighted by Crippen LogP contribution is 2.18. The Labute approximate surface area is 141 Å². The van der Waals surface area contributed by atoms with Crippen LogP contribution in [0.3, 0.4) is 0 Å². The van der Waals surface area contributed by atoms with Crippen LogP contribution in [0, 0.1) is 11.3 Å². The molecule has 0 fully saturated rings. The van der Waals surface area contributed by atoms with Crippen LogP contribution in [-0.2, 0) is 4.79 Å². The number of hydrogen-bond acceptors (Lipinski definition) is 4. The average molecular weight is 324 g/mol. The van der Waals surface area contributed by atoms with Gasteiger partial charge < -0.3 is 15.2 Å². The van der Waals surface area contributed by atoms with Gasteiger partial charge in [-0.2, -0.15) is 5.26 Å². The van der Waals surface area contributed by atoms with E-state index >= 15 is 0 Å². The molecule has 0 bridgehead atoms. The number of nitrogens with one attached hydrogen (secondary N) is 1. The Morgan fingerprint density at radius 3 is 2.58 bits per heavy atom. The summed E-state index contributed by atoms with van der Waals surface area (Å²) < 4.78 is 5.38. The summed E-state index contributed by atoms with van der Waals surface area (Å²) in [5, 5.41) is 21.9. The Bertz CT molecular complexity index is 710. The summed E-state index contributed by atoms with van der Waals surface area (Å²) in [6.07, 6.45) is -0.230. The second-order valence-electron chi connectivity index (χ2n) is 5.53. The fraction of sp³-hybridized carbons (Fsp3) is 0.263. The van der Waals surface area contributed by atoms with Crippen molar-refractivity contribution < 1.29 is 14.6 Å². The van der Waals surface area contributed by atoms with E-state index in [2.05, 4.69) is 5.32 Å². The molecule has 0 heterocycles. The quantitative estimate of drug-likeness (QED) is 0.820. The highest BCUT2D eigenvalue weighted by Gasteiger charge is 2.15. The number of aliphatic hydroxyl groups is 1. The Balaban J connectivity index is 1.80. The summed E-state index contributed by atoms with van der Waals surface area (Å²) in [7, 11) is 0. The molecule has 0 aromatic heterocycles. The maximum Gasteiger partial charge on any atom is 0.258 e. The third-order valence-corrected chi connectivity index (χ3v) is 3.53. The van der Waals surface area contributed by atoms with E-state index in [0.717, 1.165) is 5.56 Å². The summed E-state index contributed by atoms with van der Waals surface area (Å²) in [6.45, 7) is 1.65. The van der Waals surface area contributed by atoms with Crippen LogP contribution in [0.1, 0.15) is 30.6 Å². The van der Waals surface area contributed by atoms with Crippen LogP contribution in [0.15, 0.2) is 54.6 Å². The predicted octanol–water partition coefficient (Wildman–Crippen LogP) is 2.57. The zero-order chi connectivity index (χ0) is 17.4. The first-order valence-electron chi connectivity index (χ1n) is 7.74. The van der Waals surface area contributed by atoms with Gasteiger partial charge in [0, 0.05) is 6.04 Å². The number of rotatable bonds is 7. The lowest BCUT2D eigenvalue weighted by molar-refractivity contribution is -0.123. The van der Waals surface area contributed by atoms with Crippen LogP contribution in [-0.4, -0.2) is 23.7 Å². The van der Waals surface area contributed by atoms with Crippen molar-refractivity contribution in [2.45, 2.75) is 25.5 Å². The van der Waals surface area contributed by atoms with Gasteiger partial charge in [0.05, 0.1) is 11.7 Å². The fourth-order valence-electron chi connectivity index (χ4n) is 2.35. The standard InChI is InChI=1S/C19H20N2O3/c1-14(11-17(22)15-7-3-2-4-8-15)21-19(23)13-24-18-10-6-5-9-16(18)12-20/h2-10,14,17,22H,11,13H2,1H3,(H,21,23). The number of nitrogens with zero attached hydrogens (tertiary/aromatic N) is 1. The van der Waals surface area contributed by atoms with Gasteiger partial charge in [0.2, 0.25) is 0 Å². The molecule has 2 N–H and O–H groups in total. The van der Waals surface area contributed by atoms with Gasteiger partial charge in [0.25, 0.3) is 5.91 Å². The molecule has 0 saturated carbocycles. The molecule has 0 saturated heterocycles. The van der Waals surface area contributed by atoms with Crippen molar-refractivity contribution in [1.29, 1.82) is 5.26 Å². The van der Waals surface area contributed by atoms with Gasteiger partial charge in [-0.3, -0.25) is 4.79 Å². The van der Waals surface area contributed by atoms with Crippen molar-refractivity contribution in [3.63, 3.8) is 0 Å².